The van der Waals surface area contributed by atoms with Crippen LogP contribution in [-0.2, 0) is 12.8 Å². The lowest BCUT2D eigenvalue weighted by atomic mass is 10.1. The van der Waals surface area contributed by atoms with Crippen LogP contribution in [0.5, 0.6) is 0 Å². The van der Waals surface area contributed by atoms with Gasteiger partial charge in [-0.2, -0.15) is 11.8 Å². The van der Waals surface area contributed by atoms with Crippen LogP contribution in [0.2, 0.25) is 0 Å². The molecule has 1 atom stereocenters. The standard InChI is InChI=1S/C15H23N3S/c1-2-16-14-11-7-4-3-5-8-12(11)17-15(18-14)13-9-6-10-19-13/h13H,2-10H2,1H3,(H,16,17,18). The van der Waals surface area contributed by atoms with Crippen molar-refractivity contribution in [1.29, 1.82) is 0 Å². The SMILES string of the molecule is CCNc1nc(C2CCCS2)nc2c1CCCCC2. The molecule has 0 saturated carbocycles. The number of thioether (sulfide) groups is 1. The number of rotatable bonds is 3. The van der Waals surface area contributed by atoms with E-state index in [9.17, 15) is 0 Å². The van der Waals surface area contributed by atoms with Crippen LogP contribution in [0.25, 0.3) is 0 Å². The Morgan fingerprint density at radius 3 is 2.84 bits per heavy atom. The third-order valence-electron chi connectivity index (χ3n) is 4.01. The van der Waals surface area contributed by atoms with Crippen molar-refractivity contribution in [2.75, 3.05) is 17.6 Å². The maximum absolute atomic E-state index is 4.93. The van der Waals surface area contributed by atoms with Gasteiger partial charge in [0.25, 0.3) is 0 Å². The highest BCUT2D eigenvalue weighted by Crippen LogP contribution is 2.39. The Morgan fingerprint density at radius 1 is 1.16 bits per heavy atom. The van der Waals surface area contributed by atoms with Crippen LogP contribution in [0.15, 0.2) is 0 Å². The summed E-state index contributed by atoms with van der Waals surface area (Å²) in [6, 6.07) is 0. The number of hydrogen-bond acceptors (Lipinski definition) is 4. The molecule has 3 nitrogen and oxygen atoms in total. The number of hydrogen-bond donors (Lipinski definition) is 1. The van der Waals surface area contributed by atoms with E-state index in [1.165, 1.54) is 49.1 Å². The highest BCUT2D eigenvalue weighted by molar-refractivity contribution is 7.99. The highest BCUT2D eigenvalue weighted by atomic mass is 32.2. The first-order valence-corrected chi connectivity index (χ1v) is 8.68. The molecule has 2 heterocycles. The third-order valence-corrected chi connectivity index (χ3v) is 5.39. The quantitative estimate of drug-likeness (QED) is 0.854. The van der Waals surface area contributed by atoms with Gasteiger partial charge in [-0.3, -0.25) is 0 Å². The molecule has 4 heteroatoms. The van der Waals surface area contributed by atoms with Gasteiger partial charge in [0, 0.05) is 17.8 Å². The van der Waals surface area contributed by atoms with Crippen molar-refractivity contribution in [2.24, 2.45) is 0 Å². The van der Waals surface area contributed by atoms with Crippen LogP contribution < -0.4 is 5.32 Å². The Kier molecular flexibility index (Phi) is 4.26. The fraction of sp³-hybridized carbons (Fsp3) is 0.733. The second kappa shape index (κ2) is 6.12. The molecule has 1 aliphatic carbocycles. The van der Waals surface area contributed by atoms with Crippen LogP contribution in [0, 0.1) is 0 Å². The van der Waals surface area contributed by atoms with Crippen molar-refractivity contribution >= 4 is 17.6 Å². The smallest absolute Gasteiger partial charge is 0.143 e. The number of anilines is 1. The van der Waals surface area contributed by atoms with Crippen molar-refractivity contribution in [3.05, 3.63) is 17.1 Å². The Hall–Kier alpha value is -0.770. The molecule has 3 rings (SSSR count). The molecule has 1 unspecified atom stereocenters. The molecular weight excluding hydrogens is 254 g/mol. The van der Waals surface area contributed by atoms with Crippen LogP contribution in [-0.4, -0.2) is 22.3 Å². The summed E-state index contributed by atoms with van der Waals surface area (Å²) in [5.41, 5.74) is 2.72. The molecular formula is C15H23N3S. The zero-order valence-electron chi connectivity index (χ0n) is 11.7. The Bertz CT molecular complexity index is 441. The monoisotopic (exact) mass is 277 g/mol. The van der Waals surface area contributed by atoms with Gasteiger partial charge in [0.15, 0.2) is 0 Å². The maximum atomic E-state index is 4.93. The van der Waals surface area contributed by atoms with Gasteiger partial charge in [0.1, 0.15) is 11.6 Å². The summed E-state index contributed by atoms with van der Waals surface area (Å²) in [5.74, 6) is 3.47. The van der Waals surface area contributed by atoms with E-state index < -0.39 is 0 Å². The molecule has 0 radical (unpaired) electrons. The Morgan fingerprint density at radius 2 is 2.05 bits per heavy atom. The van der Waals surface area contributed by atoms with Crippen molar-refractivity contribution in [1.82, 2.24) is 9.97 Å². The predicted octanol–water partition coefficient (Wildman–Crippen LogP) is 3.75. The van der Waals surface area contributed by atoms with Gasteiger partial charge < -0.3 is 5.32 Å². The topological polar surface area (TPSA) is 37.8 Å². The van der Waals surface area contributed by atoms with Crippen LogP contribution >= 0.6 is 11.8 Å². The molecule has 0 bridgehead atoms. The van der Waals surface area contributed by atoms with Gasteiger partial charge in [-0.15, -0.1) is 0 Å². The maximum Gasteiger partial charge on any atom is 0.143 e. The van der Waals surface area contributed by atoms with E-state index in [0.29, 0.717) is 5.25 Å². The largest absolute Gasteiger partial charge is 0.370 e. The normalized spacial score (nSPS) is 22.9. The van der Waals surface area contributed by atoms with E-state index in [1.807, 2.05) is 11.8 Å². The van der Waals surface area contributed by atoms with Crippen LogP contribution in [0.1, 0.15) is 61.4 Å². The zero-order chi connectivity index (χ0) is 13.1. The van der Waals surface area contributed by atoms with Gasteiger partial charge in [-0.25, -0.2) is 9.97 Å². The lowest BCUT2D eigenvalue weighted by Crippen LogP contribution is -2.12. The predicted molar refractivity (Wildman–Crippen MR) is 81.9 cm³/mol. The molecule has 1 aromatic rings. The van der Waals surface area contributed by atoms with E-state index in [-0.39, 0.29) is 0 Å². The van der Waals surface area contributed by atoms with Gasteiger partial charge in [-0.1, -0.05) is 6.42 Å². The van der Waals surface area contributed by atoms with E-state index in [4.69, 9.17) is 9.97 Å². The number of nitrogens with one attached hydrogen (secondary N) is 1. The summed E-state index contributed by atoms with van der Waals surface area (Å²) >= 11 is 2.03. The van der Waals surface area contributed by atoms with Gasteiger partial charge in [0.05, 0.1) is 5.25 Å². The van der Waals surface area contributed by atoms with Crippen LogP contribution in [0.4, 0.5) is 5.82 Å². The van der Waals surface area contributed by atoms with Crippen molar-refractivity contribution in [3.8, 4) is 0 Å². The van der Waals surface area contributed by atoms with Crippen LogP contribution in [0.3, 0.4) is 0 Å². The third kappa shape index (κ3) is 2.88. The molecule has 1 fully saturated rings. The molecule has 0 aromatic carbocycles. The van der Waals surface area contributed by atoms with Crippen molar-refractivity contribution in [2.45, 2.75) is 57.1 Å². The number of fused-ring (bicyclic) bond motifs is 1. The lowest BCUT2D eigenvalue weighted by molar-refractivity contribution is 0.706. The summed E-state index contributed by atoms with van der Waals surface area (Å²) in [6.07, 6.45) is 8.74. The average molecular weight is 277 g/mol. The van der Waals surface area contributed by atoms with Gasteiger partial charge >= 0.3 is 0 Å². The lowest BCUT2D eigenvalue weighted by Gasteiger charge is -2.16. The molecule has 0 spiro atoms. The zero-order valence-corrected chi connectivity index (χ0v) is 12.6. The number of aromatic nitrogens is 2. The van der Waals surface area contributed by atoms with E-state index in [2.05, 4.69) is 12.2 Å². The van der Waals surface area contributed by atoms with E-state index in [1.54, 1.807) is 0 Å². The van der Waals surface area contributed by atoms with Gasteiger partial charge in [0.2, 0.25) is 0 Å². The minimum Gasteiger partial charge on any atom is -0.370 e. The average Bonchev–Trinajstić information content (AvgIpc) is 2.85. The fourth-order valence-corrected chi connectivity index (χ4v) is 4.23. The molecule has 0 amide bonds. The summed E-state index contributed by atoms with van der Waals surface area (Å²) in [6.45, 7) is 3.09. The Labute approximate surface area is 120 Å². The second-order valence-corrected chi connectivity index (χ2v) is 6.76. The molecule has 19 heavy (non-hydrogen) atoms. The summed E-state index contributed by atoms with van der Waals surface area (Å²) in [7, 11) is 0. The minimum absolute atomic E-state index is 0.533. The van der Waals surface area contributed by atoms with Gasteiger partial charge in [-0.05, 0) is 51.2 Å². The molecule has 1 aliphatic heterocycles. The first-order chi connectivity index (χ1) is 9.38. The summed E-state index contributed by atoms with van der Waals surface area (Å²) in [5, 5.41) is 4.00. The Balaban J connectivity index is 1.97. The summed E-state index contributed by atoms with van der Waals surface area (Å²) in [4.78, 5) is 9.78. The van der Waals surface area contributed by atoms with Crippen molar-refractivity contribution in [3.63, 3.8) is 0 Å². The second-order valence-electron chi connectivity index (χ2n) is 5.45. The number of aryl methyl sites for hydroxylation is 1. The molecule has 104 valence electrons. The minimum atomic E-state index is 0.533. The highest BCUT2D eigenvalue weighted by Gasteiger charge is 2.24. The van der Waals surface area contributed by atoms with E-state index in [0.717, 1.165) is 31.0 Å². The first kappa shape index (κ1) is 13.2. The molecule has 1 N–H and O–H groups in total. The summed E-state index contributed by atoms with van der Waals surface area (Å²) < 4.78 is 0. The molecule has 1 aromatic heterocycles. The van der Waals surface area contributed by atoms with E-state index >= 15 is 0 Å². The molecule has 1 saturated heterocycles. The molecule has 2 aliphatic rings. The fourth-order valence-electron chi connectivity index (χ4n) is 3.03. The first-order valence-electron chi connectivity index (χ1n) is 7.63. The van der Waals surface area contributed by atoms with Crippen molar-refractivity contribution < 1.29 is 0 Å². The number of nitrogens with zero attached hydrogens (tertiary/aromatic N) is 2.